The number of piperazine rings is 1. The van der Waals surface area contributed by atoms with Crippen LogP contribution in [0.3, 0.4) is 0 Å². The number of H-pyrrole nitrogens is 1. The number of nitrogens with one attached hydrogen (secondary N) is 1. The van der Waals surface area contributed by atoms with Gasteiger partial charge < -0.3 is 14.5 Å². The third-order valence-corrected chi connectivity index (χ3v) is 6.47. The summed E-state index contributed by atoms with van der Waals surface area (Å²) in [6.07, 6.45) is 3.98. The summed E-state index contributed by atoms with van der Waals surface area (Å²) in [6.45, 7) is 5.65. The van der Waals surface area contributed by atoms with Crippen LogP contribution < -0.4 is 0 Å². The minimum atomic E-state index is 0.0352. The standard InChI is InChI=1S/C26H29N5O3/c32-25(30-15-17-34-18-16-30)19-29-11-13-31(14-12-29)26(33)21-8-5-20(6-9-21)7-10-24-22-3-1-2-4-23(22)27-28-24/h1-10H,11-19H2,(H,27,28)/b10-7+. The summed E-state index contributed by atoms with van der Waals surface area (Å²) in [5.41, 5.74) is 3.59. The molecule has 0 radical (unpaired) electrons. The second-order valence-corrected chi connectivity index (χ2v) is 8.67. The first-order valence-corrected chi connectivity index (χ1v) is 11.8. The van der Waals surface area contributed by atoms with Gasteiger partial charge in [0.2, 0.25) is 5.91 Å². The maximum atomic E-state index is 13.0. The Hall–Kier alpha value is -3.49. The Morgan fingerprint density at radius 2 is 1.62 bits per heavy atom. The van der Waals surface area contributed by atoms with Crippen molar-refractivity contribution in [1.82, 2.24) is 24.9 Å². The highest BCUT2D eigenvalue weighted by Crippen LogP contribution is 2.18. The quantitative estimate of drug-likeness (QED) is 0.634. The zero-order chi connectivity index (χ0) is 23.3. The molecule has 2 aliphatic rings. The number of nitrogens with zero attached hydrogens (tertiary/aromatic N) is 4. The summed E-state index contributed by atoms with van der Waals surface area (Å²) in [7, 11) is 0. The van der Waals surface area contributed by atoms with Gasteiger partial charge in [-0.15, -0.1) is 0 Å². The van der Waals surface area contributed by atoms with Crippen molar-refractivity contribution in [2.75, 3.05) is 59.0 Å². The van der Waals surface area contributed by atoms with Gasteiger partial charge in [0.05, 0.1) is 31.0 Å². The van der Waals surface area contributed by atoms with E-state index in [0.717, 1.165) is 22.2 Å². The van der Waals surface area contributed by atoms with Crippen LogP contribution in [0.4, 0.5) is 0 Å². The zero-order valence-corrected chi connectivity index (χ0v) is 19.2. The molecule has 5 rings (SSSR count). The molecule has 1 N–H and O–H groups in total. The van der Waals surface area contributed by atoms with Gasteiger partial charge >= 0.3 is 0 Å². The third kappa shape index (κ3) is 5.03. The van der Waals surface area contributed by atoms with E-state index in [0.29, 0.717) is 64.6 Å². The first kappa shape index (κ1) is 22.3. The Morgan fingerprint density at radius 3 is 2.38 bits per heavy atom. The van der Waals surface area contributed by atoms with Gasteiger partial charge in [-0.2, -0.15) is 5.10 Å². The molecule has 2 amide bonds. The average Bonchev–Trinajstić information content (AvgIpc) is 3.31. The van der Waals surface area contributed by atoms with E-state index in [4.69, 9.17) is 4.74 Å². The lowest BCUT2D eigenvalue weighted by atomic mass is 10.1. The van der Waals surface area contributed by atoms with Crippen molar-refractivity contribution in [3.63, 3.8) is 0 Å². The normalized spacial score (nSPS) is 17.5. The number of fused-ring (bicyclic) bond motifs is 1. The van der Waals surface area contributed by atoms with Gasteiger partial charge in [-0.25, -0.2) is 0 Å². The van der Waals surface area contributed by atoms with E-state index in [1.54, 1.807) is 0 Å². The maximum Gasteiger partial charge on any atom is 0.253 e. The number of hydrogen-bond donors (Lipinski definition) is 1. The lowest BCUT2D eigenvalue weighted by molar-refractivity contribution is -0.136. The summed E-state index contributed by atoms with van der Waals surface area (Å²) in [4.78, 5) is 31.3. The molecule has 0 aliphatic carbocycles. The van der Waals surface area contributed by atoms with E-state index in [1.807, 2.05) is 70.5 Å². The summed E-state index contributed by atoms with van der Waals surface area (Å²) in [6, 6.07) is 15.7. The van der Waals surface area contributed by atoms with E-state index in [2.05, 4.69) is 15.1 Å². The number of benzene rings is 2. The highest BCUT2D eigenvalue weighted by molar-refractivity contribution is 5.95. The van der Waals surface area contributed by atoms with Crippen LogP contribution in [0.5, 0.6) is 0 Å². The second kappa shape index (κ2) is 10.2. The van der Waals surface area contributed by atoms with Gasteiger partial charge in [-0.3, -0.25) is 19.6 Å². The van der Waals surface area contributed by atoms with E-state index in [-0.39, 0.29) is 11.8 Å². The lowest BCUT2D eigenvalue weighted by Crippen LogP contribution is -2.52. The number of para-hydroxylation sites is 1. The highest BCUT2D eigenvalue weighted by Gasteiger charge is 2.25. The summed E-state index contributed by atoms with van der Waals surface area (Å²) in [5.74, 6) is 0.183. The number of carbonyl (C=O) groups is 2. The number of aromatic amines is 1. The second-order valence-electron chi connectivity index (χ2n) is 8.67. The average molecular weight is 460 g/mol. The molecule has 0 spiro atoms. The number of morpholine rings is 1. The van der Waals surface area contributed by atoms with Crippen LogP contribution >= 0.6 is 0 Å². The van der Waals surface area contributed by atoms with E-state index in [9.17, 15) is 9.59 Å². The van der Waals surface area contributed by atoms with Crippen molar-refractivity contribution in [3.05, 3.63) is 65.4 Å². The van der Waals surface area contributed by atoms with Crippen molar-refractivity contribution >= 4 is 34.9 Å². The van der Waals surface area contributed by atoms with Gasteiger partial charge in [0.15, 0.2) is 0 Å². The van der Waals surface area contributed by atoms with Gasteiger partial charge in [0, 0.05) is 50.2 Å². The van der Waals surface area contributed by atoms with Gasteiger partial charge in [0.1, 0.15) is 0 Å². The number of ether oxygens (including phenoxy) is 1. The summed E-state index contributed by atoms with van der Waals surface area (Å²) >= 11 is 0. The fraction of sp³-hybridized carbons (Fsp3) is 0.346. The SMILES string of the molecule is O=C(CN1CCN(C(=O)c2ccc(/C=C/c3n[nH]c4ccccc34)cc2)CC1)N1CCOCC1. The highest BCUT2D eigenvalue weighted by atomic mass is 16.5. The Balaban J connectivity index is 1.14. The van der Waals surface area contributed by atoms with Crippen LogP contribution in [0.1, 0.15) is 21.6 Å². The minimum absolute atomic E-state index is 0.0352. The van der Waals surface area contributed by atoms with Crippen LogP contribution in [0, 0.1) is 0 Å². The van der Waals surface area contributed by atoms with Crippen molar-refractivity contribution in [2.45, 2.75) is 0 Å². The molecule has 176 valence electrons. The van der Waals surface area contributed by atoms with Crippen LogP contribution in [-0.2, 0) is 9.53 Å². The fourth-order valence-corrected chi connectivity index (χ4v) is 4.42. The number of rotatable bonds is 5. The number of aromatic nitrogens is 2. The number of amides is 2. The zero-order valence-electron chi connectivity index (χ0n) is 19.2. The van der Waals surface area contributed by atoms with Gasteiger partial charge in [-0.05, 0) is 29.8 Å². The summed E-state index contributed by atoms with van der Waals surface area (Å²) in [5, 5.41) is 8.48. The molecule has 2 saturated heterocycles. The van der Waals surface area contributed by atoms with Crippen molar-refractivity contribution in [1.29, 1.82) is 0 Å². The summed E-state index contributed by atoms with van der Waals surface area (Å²) < 4.78 is 5.32. The topological polar surface area (TPSA) is 81.8 Å². The molecule has 1 aromatic heterocycles. The molecule has 0 unspecified atom stereocenters. The first-order valence-electron chi connectivity index (χ1n) is 11.8. The van der Waals surface area contributed by atoms with Crippen LogP contribution in [0.2, 0.25) is 0 Å². The molecule has 0 bridgehead atoms. The first-order chi connectivity index (χ1) is 16.7. The van der Waals surface area contributed by atoms with E-state index >= 15 is 0 Å². The molecule has 3 heterocycles. The van der Waals surface area contributed by atoms with E-state index < -0.39 is 0 Å². The van der Waals surface area contributed by atoms with Crippen molar-refractivity contribution in [2.24, 2.45) is 0 Å². The Labute approximate surface area is 198 Å². The van der Waals surface area contributed by atoms with E-state index in [1.165, 1.54) is 0 Å². The maximum absolute atomic E-state index is 13.0. The minimum Gasteiger partial charge on any atom is -0.378 e. The molecule has 34 heavy (non-hydrogen) atoms. The largest absolute Gasteiger partial charge is 0.378 e. The lowest BCUT2D eigenvalue weighted by Gasteiger charge is -2.36. The van der Waals surface area contributed by atoms with Crippen LogP contribution in [0.15, 0.2) is 48.5 Å². The van der Waals surface area contributed by atoms with Crippen LogP contribution in [0.25, 0.3) is 23.1 Å². The Kier molecular flexibility index (Phi) is 6.69. The molecule has 3 aromatic rings. The number of carbonyl (C=O) groups excluding carboxylic acids is 2. The van der Waals surface area contributed by atoms with Crippen LogP contribution in [-0.4, -0.2) is 95.7 Å². The molecular weight excluding hydrogens is 430 g/mol. The van der Waals surface area contributed by atoms with Gasteiger partial charge in [0.25, 0.3) is 5.91 Å². The Morgan fingerprint density at radius 1 is 0.882 bits per heavy atom. The molecule has 0 atom stereocenters. The molecule has 2 aliphatic heterocycles. The number of hydrogen-bond acceptors (Lipinski definition) is 5. The van der Waals surface area contributed by atoms with Crippen molar-refractivity contribution in [3.8, 4) is 0 Å². The predicted octanol–water partition coefficient (Wildman–Crippen LogP) is 2.35. The smallest absolute Gasteiger partial charge is 0.253 e. The Bertz CT molecular complexity index is 1170. The molecular formula is C26H29N5O3. The third-order valence-electron chi connectivity index (χ3n) is 6.47. The molecule has 8 nitrogen and oxygen atoms in total. The molecule has 8 heteroatoms. The fourth-order valence-electron chi connectivity index (χ4n) is 4.42. The monoisotopic (exact) mass is 459 g/mol. The molecule has 0 saturated carbocycles. The molecule has 2 fully saturated rings. The van der Waals surface area contributed by atoms with Gasteiger partial charge in [-0.1, -0.05) is 36.4 Å². The van der Waals surface area contributed by atoms with Crippen molar-refractivity contribution < 1.29 is 14.3 Å². The molecule has 2 aromatic carbocycles. The predicted molar refractivity (Wildman–Crippen MR) is 131 cm³/mol.